The quantitative estimate of drug-likeness (QED) is 0.460. The van der Waals surface area contributed by atoms with E-state index in [1.165, 1.54) is 36.7 Å². The van der Waals surface area contributed by atoms with Gasteiger partial charge in [-0.05, 0) is 54.6 Å². The molecule has 0 aliphatic heterocycles. The zero-order chi connectivity index (χ0) is 18.5. The lowest BCUT2D eigenvalue weighted by Crippen LogP contribution is -1.97. The normalized spacial score (nSPS) is 10.9. The smallest absolute Gasteiger partial charge is 0.186 e. The average molecular weight is 369 g/mol. The van der Waals surface area contributed by atoms with Crippen molar-refractivity contribution in [1.82, 2.24) is 4.98 Å². The van der Waals surface area contributed by atoms with E-state index in [1.807, 2.05) is 5.38 Å². The molecule has 2 aromatic carbocycles. The Kier molecular flexibility index (Phi) is 5.43. The lowest BCUT2D eigenvalue weighted by Gasteiger charge is -2.07. The number of halogens is 1. The summed E-state index contributed by atoms with van der Waals surface area (Å²) in [7, 11) is 3.06. The molecule has 0 aliphatic carbocycles. The van der Waals surface area contributed by atoms with Crippen LogP contribution in [-0.2, 0) is 0 Å². The zero-order valence-electron chi connectivity index (χ0n) is 14.2. The van der Waals surface area contributed by atoms with Crippen LogP contribution in [0.4, 0.5) is 4.39 Å². The maximum Gasteiger partial charge on any atom is 0.186 e. The minimum absolute atomic E-state index is 0.165. The molecule has 6 heteroatoms. The van der Waals surface area contributed by atoms with Gasteiger partial charge in [-0.2, -0.15) is 0 Å². The van der Waals surface area contributed by atoms with Gasteiger partial charge in [-0.3, -0.25) is 4.79 Å². The molecule has 1 aromatic heterocycles. The molecule has 0 saturated carbocycles. The summed E-state index contributed by atoms with van der Waals surface area (Å²) in [6.45, 7) is 0. The highest BCUT2D eigenvalue weighted by atomic mass is 32.1. The van der Waals surface area contributed by atoms with E-state index < -0.39 is 0 Å². The van der Waals surface area contributed by atoms with Crippen LogP contribution in [0.3, 0.4) is 0 Å². The lowest BCUT2D eigenvalue weighted by molar-refractivity contribution is 0.104. The number of hydrogen-bond donors (Lipinski definition) is 0. The van der Waals surface area contributed by atoms with Gasteiger partial charge in [0, 0.05) is 16.5 Å². The molecule has 0 bridgehead atoms. The number of allylic oxidation sites excluding steroid dienone is 1. The van der Waals surface area contributed by atoms with E-state index >= 15 is 0 Å². The fraction of sp³-hybridized carbons (Fsp3) is 0.100. The van der Waals surface area contributed by atoms with Crippen molar-refractivity contribution in [2.75, 3.05) is 14.2 Å². The second-order valence-electron chi connectivity index (χ2n) is 5.35. The fourth-order valence-electron chi connectivity index (χ4n) is 2.33. The summed E-state index contributed by atoms with van der Waals surface area (Å²) < 4.78 is 23.4. The van der Waals surface area contributed by atoms with Gasteiger partial charge in [-0.15, -0.1) is 11.3 Å². The molecule has 0 N–H and O–H groups in total. The fourth-order valence-corrected chi connectivity index (χ4v) is 3.13. The summed E-state index contributed by atoms with van der Waals surface area (Å²) in [5, 5.41) is 2.61. The number of nitrogens with zero attached hydrogens (tertiary/aromatic N) is 1. The Morgan fingerprint density at radius 3 is 2.50 bits per heavy atom. The Labute approximate surface area is 154 Å². The Balaban J connectivity index is 1.76. The van der Waals surface area contributed by atoms with E-state index in [0.29, 0.717) is 22.8 Å². The summed E-state index contributed by atoms with van der Waals surface area (Å²) in [4.78, 5) is 16.8. The zero-order valence-corrected chi connectivity index (χ0v) is 15.0. The third-order valence-electron chi connectivity index (χ3n) is 3.69. The van der Waals surface area contributed by atoms with Crippen LogP contribution >= 0.6 is 11.3 Å². The van der Waals surface area contributed by atoms with Crippen LogP contribution in [0.15, 0.2) is 53.9 Å². The molecule has 4 nitrogen and oxygen atoms in total. The van der Waals surface area contributed by atoms with Crippen LogP contribution in [-0.4, -0.2) is 25.0 Å². The van der Waals surface area contributed by atoms with Crippen molar-refractivity contribution in [1.29, 1.82) is 0 Å². The minimum Gasteiger partial charge on any atom is -0.493 e. The number of thiazole rings is 1. The number of hydrogen-bond acceptors (Lipinski definition) is 5. The molecule has 3 aromatic rings. The van der Waals surface area contributed by atoms with E-state index in [9.17, 15) is 9.18 Å². The second kappa shape index (κ2) is 7.93. The number of carbonyl (C=O) groups excluding carboxylic acids is 1. The third kappa shape index (κ3) is 3.97. The van der Waals surface area contributed by atoms with Crippen LogP contribution in [0, 0.1) is 5.82 Å². The summed E-state index contributed by atoms with van der Waals surface area (Å²) in [5.74, 6) is 0.615. The highest BCUT2D eigenvalue weighted by Crippen LogP contribution is 2.28. The monoisotopic (exact) mass is 369 g/mol. The Morgan fingerprint density at radius 1 is 1.08 bits per heavy atom. The molecule has 132 valence electrons. The third-order valence-corrected chi connectivity index (χ3v) is 4.60. The van der Waals surface area contributed by atoms with Crippen molar-refractivity contribution in [2.24, 2.45) is 0 Å². The molecule has 0 aliphatic rings. The van der Waals surface area contributed by atoms with Crippen LogP contribution in [0.5, 0.6) is 11.5 Å². The largest absolute Gasteiger partial charge is 0.493 e. The molecule has 0 radical (unpaired) electrons. The molecule has 0 amide bonds. The van der Waals surface area contributed by atoms with Gasteiger partial charge in [0.2, 0.25) is 0 Å². The SMILES string of the molecule is COc1ccc(C(=O)/C=C/c2csc(-c3ccc(F)cc3)n2)cc1OC. The summed E-state index contributed by atoms with van der Waals surface area (Å²) in [6.07, 6.45) is 3.12. The van der Waals surface area contributed by atoms with E-state index in [2.05, 4.69) is 4.98 Å². The Morgan fingerprint density at radius 2 is 1.81 bits per heavy atom. The van der Waals surface area contributed by atoms with Crippen LogP contribution in [0.2, 0.25) is 0 Å². The number of rotatable bonds is 6. The molecule has 0 atom stereocenters. The number of ether oxygens (including phenoxy) is 2. The maximum atomic E-state index is 13.0. The number of ketones is 1. The van der Waals surface area contributed by atoms with Gasteiger partial charge in [0.05, 0.1) is 19.9 Å². The summed E-state index contributed by atoms with van der Waals surface area (Å²) in [6, 6.07) is 11.2. The lowest BCUT2D eigenvalue weighted by atomic mass is 10.1. The Bertz CT molecular complexity index is 948. The van der Waals surface area contributed by atoms with Gasteiger partial charge < -0.3 is 9.47 Å². The number of methoxy groups -OCH3 is 2. The Hall–Kier alpha value is -2.99. The van der Waals surface area contributed by atoms with E-state index in [0.717, 1.165) is 10.6 Å². The van der Waals surface area contributed by atoms with Gasteiger partial charge in [0.1, 0.15) is 10.8 Å². The minimum atomic E-state index is -0.286. The van der Waals surface area contributed by atoms with E-state index in [4.69, 9.17) is 9.47 Å². The van der Waals surface area contributed by atoms with Gasteiger partial charge in [0.15, 0.2) is 17.3 Å². The van der Waals surface area contributed by atoms with E-state index in [1.54, 1.807) is 43.5 Å². The molecule has 0 unspecified atom stereocenters. The molecule has 0 fully saturated rings. The average Bonchev–Trinajstić information content (AvgIpc) is 3.15. The van der Waals surface area contributed by atoms with Crippen LogP contribution in [0.25, 0.3) is 16.6 Å². The first-order chi connectivity index (χ1) is 12.6. The van der Waals surface area contributed by atoms with Crippen molar-refractivity contribution >= 4 is 23.2 Å². The standard InChI is InChI=1S/C20H16FNO3S/c1-24-18-10-5-14(11-19(18)25-2)17(23)9-8-16-12-26-20(22-16)13-3-6-15(21)7-4-13/h3-12H,1-2H3/b9-8+. The van der Waals surface area contributed by atoms with Gasteiger partial charge in [0.25, 0.3) is 0 Å². The van der Waals surface area contributed by atoms with E-state index in [-0.39, 0.29) is 11.6 Å². The molecular weight excluding hydrogens is 353 g/mol. The first kappa shape index (κ1) is 17.8. The van der Waals surface area contributed by atoms with Gasteiger partial charge in [-0.1, -0.05) is 0 Å². The highest BCUT2D eigenvalue weighted by molar-refractivity contribution is 7.13. The highest BCUT2D eigenvalue weighted by Gasteiger charge is 2.09. The number of aromatic nitrogens is 1. The molecule has 0 spiro atoms. The first-order valence-corrected chi connectivity index (χ1v) is 8.64. The van der Waals surface area contributed by atoms with Crippen molar-refractivity contribution in [2.45, 2.75) is 0 Å². The van der Waals surface area contributed by atoms with Crippen molar-refractivity contribution < 1.29 is 18.7 Å². The first-order valence-electron chi connectivity index (χ1n) is 7.76. The second-order valence-corrected chi connectivity index (χ2v) is 6.21. The van der Waals surface area contributed by atoms with Crippen LogP contribution < -0.4 is 9.47 Å². The molecule has 3 rings (SSSR count). The van der Waals surface area contributed by atoms with Crippen molar-refractivity contribution in [3.63, 3.8) is 0 Å². The molecule has 1 heterocycles. The topological polar surface area (TPSA) is 48.4 Å². The summed E-state index contributed by atoms with van der Waals surface area (Å²) >= 11 is 1.43. The predicted octanol–water partition coefficient (Wildman–Crippen LogP) is 4.86. The molecule has 0 saturated heterocycles. The molecule has 26 heavy (non-hydrogen) atoms. The van der Waals surface area contributed by atoms with Crippen LogP contribution in [0.1, 0.15) is 16.1 Å². The summed E-state index contributed by atoms with van der Waals surface area (Å²) in [5.41, 5.74) is 2.00. The van der Waals surface area contributed by atoms with Gasteiger partial charge in [-0.25, -0.2) is 9.37 Å². The predicted molar refractivity (Wildman–Crippen MR) is 100 cm³/mol. The maximum absolute atomic E-state index is 13.0. The van der Waals surface area contributed by atoms with Gasteiger partial charge >= 0.3 is 0 Å². The number of benzene rings is 2. The molecular formula is C20H16FNO3S. The number of carbonyl (C=O) groups is 1. The van der Waals surface area contributed by atoms with Crippen molar-refractivity contribution in [3.8, 4) is 22.1 Å². The van der Waals surface area contributed by atoms with Crippen molar-refractivity contribution in [3.05, 3.63) is 71.0 Å².